The summed E-state index contributed by atoms with van der Waals surface area (Å²) in [4.78, 5) is 10.9. The molecule has 0 amide bonds. The van der Waals surface area contributed by atoms with Gasteiger partial charge in [0, 0.05) is 27.1 Å². The van der Waals surface area contributed by atoms with Gasteiger partial charge in [-0.2, -0.15) is 8.42 Å². The Morgan fingerprint density at radius 2 is 1.75 bits per heavy atom. The van der Waals surface area contributed by atoms with E-state index in [4.69, 9.17) is 4.18 Å². The summed E-state index contributed by atoms with van der Waals surface area (Å²) < 4.78 is 28.4. The third-order valence-electron chi connectivity index (χ3n) is 4.78. The Labute approximate surface area is 192 Å². The molecule has 0 aliphatic heterocycles. The number of anilines is 2. The maximum Gasteiger partial charge on any atom is 0.308 e. The van der Waals surface area contributed by atoms with Crippen LogP contribution >= 0.6 is 11.8 Å². The minimum Gasteiger partial charge on any atom is -0.382 e. The monoisotopic (exact) mass is 465 g/mol. The van der Waals surface area contributed by atoms with Crippen molar-refractivity contribution in [2.24, 2.45) is 0 Å². The summed E-state index contributed by atoms with van der Waals surface area (Å²) in [5.74, 6) is 0.241. The van der Waals surface area contributed by atoms with Crippen molar-refractivity contribution in [2.45, 2.75) is 30.6 Å². The lowest BCUT2D eigenvalue weighted by Gasteiger charge is -2.14. The lowest BCUT2D eigenvalue weighted by molar-refractivity contribution is 0.487. The lowest BCUT2D eigenvalue weighted by Crippen LogP contribution is -2.11. The van der Waals surface area contributed by atoms with Crippen molar-refractivity contribution >= 4 is 44.3 Å². The molecule has 0 unspecified atom stereocenters. The van der Waals surface area contributed by atoms with Gasteiger partial charge in [0.25, 0.3) is 0 Å². The van der Waals surface area contributed by atoms with E-state index in [1.807, 2.05) is 37.3 Å². The standard InChI is InChI=1S/C24H23N3O3S2/c1-4-32(28,29)30-18-7-9-19(10-8-18)31-23-12-5-16(2)15-22(23)27-21-13-14-25-24-20(21)11-6-17(3)26-24/h5-15H,4H2,1-3H3,(H,25,26,27). The Bertz CT molecular complexity index is 1370. The highest BCUT2D eigenvalue weighted by Crippen LogP contribution is 2.37. The van der Waals surface area contributed by atoms with Gasteiger partial charge in [0.2, 0.25) is 0 Å². The van der Waals surface area contributed by atoms with Crippen LogP contribution in [0.1, 0.15) is 18.2 Å². The third-order valence-corrected chi connectivity index (χ3v) is 7.01. The molecule has 1 N–H and O–H groups in total. The molecule has 0 radical (unpaired) electrons. The fraction of sp³-hybridized carbons (Fsp3) is 0.167. The Morgan fingerprint density at radius 3 is 2.50 bits per heavy atom. The molecule has 2 heterocycles. The van der Waals surface area contributed by atoms with Crippen LogP contribution in [-0.4, -0.2) is 24.1 Å². The average Bonchev–Trinajstić information content (AvgIpc) is 2.76. The van der Waals surface area contributed by atoms with E-state index in [0.29, 0.717) is 11.4 Å². The van der Waals surface area contributed by atoms with Crippen LogP contribution < -0.4 is 9.50 Å². The van der Waals surface area contributed by atoms with Gasteiger partial charge in [-0.05, 0) is 80.9 Å². The molecule has 0 atom stereocenters. The number of nitrogens with zero attached hydrogens (tertiary/aromatic N) is 2. The van der Waals surface area contributed by atoms with Crippen molar-refractivity contribution in [3.05, 3.63) is 78.1 Å². The van der Waals surface area contributed by atoms with Crippen LogP contribution in [0.25, 0.3) is 11.0 Å². The Balaban J connectivity index is 1.61. The van der Waals surface area contributed by atoms with Gasteiger partial charge in [0.05, 0.1) is 17.1 Å². The van der Waals surface area contributed by atoms with Crippen molar-refractivity contribution in [3.8, 4) is 5.75 Å². The van der Waals surface area contributed by atoms with Crippen molar-refractivity contribution in [2.75, 3.05) is 11.1 Å². The number of nitrogens with one attached hydrogen (secondary N) is 1. The highest BCUT2D eigenvalue weighted by Gasteiger charge is 2.11. The zero-order chi connectivity index (χ0) is 22.7. The van der Waals surface area contributed by atoms with Crippen LogP contribution in [0.2, 0.25) is 0 Å². The Morgan fingerprint density at radius 1 is 0.969 bits per heavy atom. The van der Waals surface area contributed by atoms with E-state index in [1.54, 1.807) is 37.0 Å². The normalized spacial score (nSPS) is 11.5. The topological polar surface area (TPSA) is 81.2 Å². The first kappa shape index (κ1) is 22.1. The molecule has 2 aromatic carbocycles. The van der Waals surface area contributed by atoms with Crippen molar-refractivity contribution in [3.63, 3.8) is 0 Å². The van der Waals surface area contributed by atoms with Gasteiger partial charge in [-0.15, -0.1) is 0 Å². The van der Waals surface area contributed by atoms with Crippen LogP contribution in [0, 0.1) is 13.8 Å². The molecule has 4 rings (SSSR count). The molecule has 0 bridgehead atoms. The third kappa shape index (κ3) is 5.20. The molecule has 2 aromatic heterocycles. The van der Waals surface area contributed by atoms with Gasteiger partial charge in [0.1, 0.15) is 5.75 Å². The molecule has 0 aliphatic carbocycles. The number of aryl methyl sites for hydroxylation is 2. The molecule has 0 saturated heterocycles. The number of fused-ring (bicyclic) bond motifs is 1. The molecule has 4 aromatic rings. The van der Waals surface area contributed by atoms with Crippen LogP contribution in [-0.2, 0) is 10.1 Å². The maximum atomic E-state index is 11.7. The fourth-order valence-corrected chi connectivity index (χ4v) is 4.51. The molecule has 0 fully saturated rings. The minimum absolute atomic E-state index is 0.0688. The fourth-order valence-electron chi connectivity index (χ4n) is 3.10. The van der Waals surface area contributed by atoms with E-state index in [9.17, 15) is 8.42 Å². The summed E-state index contributed by atoms with van der Waals surface area (Å²) in [6.07, 6.45) is 1.75. The highest BCUT2D eigenvalue weighted by atomic mass is 32.2. The van der Waals surface area contributed by atoms with Crippen LogP contribution in [0.3, 0.4) is 0 Å². The molecular weight excluding hydrogens is 442 g/mol. The number of aromatic nitrogens is 2. The zero-order valence-electron chi connectivity index (χ0n) is 18.0. The van der Waals surface area contributed by atoms with E-state index in [1.165, 1.54) is 0 Å². The van der Waals surface area contributed by atoms with E-state index < -0.39 is 10.1 Å². The Hall–Kier alpha value is -3.10. The maximum absolute atomic E-state index is 11.7. The number of hydrogen-bond acceptors (Lipinski definition) is 7. The van der Waals surface area contributed by atoms with E-state index in [2.05, 4.69) is 40.4 Å². The first-order valence-corrected chi connectivity index (χ1v) is 12.5. The minimum atomic E-state index is -3.54. The second-order valence-electron chi connectivity index (χ2n) is 7.31. The molecule has 164 valence electrons. The molecule has 32 heavy (non-hydrogen) atoms. The SMILES string of the molecule is CCS(=O)(=O)Oc1ccc(Sc2ccc(C)cc2Nc2ccnc3nc(C)ccc23)cc1. The van der Waals surface area contributed by atoms with E-state index in [-0.39, 0.29) is 5.75 Å². The molecule has 8 heteroatoms. The van der Waals surface area contributed by atoms with Crippen molar-refractivity contribution in [1.82, 2.24) is 9.97 Å². The average molecular weight is 466 g/mol. The molecule has 0 saturated carbocycles. The number of hydrogen-bond donors (Lipinski definition) is 1. The van der Waals surface area contributed by atoms with Gasteiger partial charge < -0.3 is 9.50 Å². The molecule has 0 aliphatic rings. The van der Waals surface area contributed by atoms with Crippen molar-refractivity contribution in [1.29, 1.82) is 0 Å². The summed E-state index contributed by atoms with van der Waals surface area (Å²) in [6, 6.07) is 19.2. The first-order valence-electron chi connectivity index (χ1n) is 10.1. The van der Waals surface area contributed by atoms with Gasteiger partial charge in [0.15, 0.2) is 5.65 Å². The summed E-state index contributed by atoms with van der Waals surface area (Å²) in [7, 11) is -3.54. The molecule has 0 spiro atoms. The van der Waals surface area contributed by atoms with Gasteiger partial charge in [-0.3, -0.25) is 0 Å². The quantitative estimate of drug-likeness (QED) is 0.342. The first-order chi connectivity index (χ1) is 15.3. The largest absolute Gasteiger partial charge is 0.382 e. The highest BCUT2D eigenvalue weighted by molar-refractivity contribution is 7.99. The second-order valence-corrected chi connectivity index (χ2v) is 10.3. The van der Waals surface area contributed by atoms with Crippen LogP contribution in [0.4, 0.5) is 11.4 Å². The predicted molar refractivity (Wildman–Crippen MR) is 129 cm³/mol. The molecular formula is C24H23N3O3S2. The van der Waals surface area contributed by atoms with Crippen LogP contribution in [0.15, 0.2) is 76.7 Å². The summed E-state index contributed by atoms with van der Waals surface area (Å²) in [5, 5.41) is 4.49. The summed E-state index contributed by atoms with van der Waals surface area (Å²) in [6.45, 7) is 5.55. The molecule has 6 nitrogen and oxygen atoms in total. The van der Waals surface area contributed by atoms with Gasteiger partial charge >= 0.3 is 10.1 Å². The Kier molecular flexibility index (Phi) is 6.34. The van der Waals surface area contributed by atoms with E-state index in [0.717, 1.165) is 37.8 Å². The van der Waals surface area contributed by atoms with Gasteiger partial charge in [-0.1, -0.05) is 17.8 Å². The lowest BCUT2D eigenvalue weighted by atomic mass is 10.2. The predicted octanol–water partition coefficient (Wildman–Crippen LogP) is 5.87. The summed E-state index contributed by atoms with van der Waals surface area (Å²) in [5.41, 5.74) is 4.67. The summed E-state index contributed by atoms with van der Waals surface area (Å²) >= 11 is 1.58. The van der Waals surface area contributed by atoms with E-state index >= 15 is 0 Å². The smallest absolute Gasteiger partial charge is 0.308 e. The number of rotatable bonds is 7. The van der Waals surface area contributed by atoms with Gasteiger partial charge in [-0.25, -0.2) is 9.97 Å². The zero-order valence-corrected chi connectivity index (χ0v) is 19.6. The number of pyridine rings is 2. The van der Waals surface area contributed by atoms with Crippen molar-refractivity contribution < 1.29 is 12.6 Å². The number of benzene rings is 2. The second kappa shape index (κ2) is 9.18. The van der Waals surface area contributed by atoms with Crippen LogP contribution in [0.5, 0.6) is 5.75 Å².